The minimum Gasteiger partial charge on any atom is -0.496 e. The molecule has 0 saturated carbocycles. The van der Waals surface area contributed by atoms with Crippen molar-refractivity contribution in [1.29, 1.82) is 0 Å². The van der Waals surface area contributed by atoms with Gasteiger partial charge in [0, 0.05) is 11.6 Å². The highest BCUT2D eigenvalue weighted by Crippen LogP contribution is 2.35. The number of methoxy groups -OCH3 is 2. The second kappa shape index (κ2) is 6.11. The Labute approximate surface area is 119 Å². The van der Waals surface area contributed by atoms with E-state index in [4.69, 9.17) is 14.2 Å². The summed E-state index contributed by atoms with van der Waals surface area (Å²) in [5, 5.41) is 0. The Kier molecular flexibility index (Phi) is 4.98. The molecule has 0 fully saturated rings. The van der Waals surface area contributed by atoms with Gasteiger partial charge in [0.2, 0.25) is 11.4 Å². The summed E-state index contributed by atoms with van der Waals surface area (Å²) in [4.78, 5) is 24.3. The van der Waals surface area contributed by atoms with Crippen molar-refractivity contribution < 1.29 is 23.8 Å². The van der Waals surface area contributed by atoms with Crippen LogP contribution in [0.1, 0.15) is 34.1 Å². The van der Waals surface area contributed by atoms with Gasteiger partial charge in [-0.05, 0) is 20.3 Å². The number of hydrogen-bond donors (Lipinski definition) is 0. The molecule has 1 rings (SSSR count). The highest BCUT2D eigenvalue weighted by Gasteiger charge is 2.46. The van der Waals surface area contributed by atoms with Crippen molar-refractivity contribution in [3.8, 4) is 0 Å². The zero-order valence-corrected chi connectivity index (χ0v) is 12.9. The SMILES string of the molecule is CC[C@H](C)C(=O)O[C@]1(C)C(=O)C=C(OC)C(C)=C1OC. The molecule has 0 aromatic rings. The fourth-order valence-electron chi connectivity index (χ4n) is 2.07. The number of carbonyl (C=O) groups excluding carboxylic acids is 2. The van der Waals surface area contributed by atoms with Crippen LogP contribution in [-0.2, 0) is 23.8 Å². The van der Waals surface area contributed by atoms with Crippen LogP contribution >= 0.6 is 0 Å². The lowest BCUT2D eigenvalue weighted by Gasteiger charge is -2.33. The predicted molar refractivity (Wildman–Crippen MR) is 73.8 cm³/mol. The van der Waals surface area contributed by atoms with Crippen LogP contribution in [0.2, 0.25) is 0 Å². The molecule has 0 aliphatic heterocycles. The zero-order chi connectivity index (χ0) is 15.5. The molecule has 0 N–H and O–H groups in total. The Morgan fingerprint density at radius 3 is 2.40 bits per heavy atom. The molecule has 2 atom stereocenters. The fraction of sp³-hybridized carbons (Fsp3) is 0.600. The van der Waals surface area contributed by atoms with Gasteiger partial charge in [-0.2, -0.15) is 0 Å². The average molecular weight is 282 g/mol. The molecule has 0 aromatic heterocycles. The number of esters is 1. The normalized spacial score (nSPS) is 24.1. The van der Waals surface area contributed by atoms with Crippen molar-refractivity contribution in [2.75, 3.05) is 14.2 Å². The summed E-state index contributed by atoms with van der Waals surface area (Å²) in [7, 11) is 2.92. The molecule has 20 heavy (non-hydrogen) atoms. The first-order valence-corrected chi connectivity index (χ1v) is 6.60. The Balaban J connectivity index is 3.19. The van der Waals surface area contributed by atoms with Crippen LogP contribution in [0.15, 0.2) is 23.2 Å². The van der Waals surface area contributed by atoms with Crippen LogP contribution in [0.5, 0.6) is 0 Å². The lowest BCUT2D eigenvalue weighted by atomic mass is 9.88. The van der Waals surface area contributed by atoms with Gasteiger partial charge in [0.1, 0.15) is 5.76 Å². The van der Waals surface area contributed by atoms with Gasteiger partial charge in [-0.1, -0.05) is 13.8 Å². The van der Waals surface area contributed by atoms with E-state index in [9.17, 15) is 9.59 Å². The minimum atomic E-state index is -1.43. The maximum Gasteiger partial charge on any atom is 0.310 e. The summed E-state index contributed by atoms with van der Waals surface area (Å²) in [6.45, 7) is 6.95. The van der Waals surface area contributed by atoms with E-state index in [0.29, 0.717) is 23.5 Å². The maximum atomic E-state index is 12.3. The molecule has 0 saturated heterocycles. The molecule has 0 heterocycles. The van der Waals surface area contributed by atoms with Crippen molar-refractivity contribution in [2.24, 2.45) is 5.92 Å². The third-order valence-corrected chi connectivity index (χ3v) is 3.62. The van der Waals surface area contributed by atoms with Gasteiger partial charge in [0.25, 0.3) is 0 Å². The molecule has 5 heteroatoms. The first-order valence-electron chi connectivity index (χ1n) is 6.60. The summed E-state index contributed by atoms with van der Waals surface area (Å²) in [5.74, 6) is -0.332. The Bertz CT molecular complexity index is 475. The second-order valence-electron chi connectivity index (χ2n) is 5.00. The van der Waals surface area contributed by atoms with Crippen LogP contribution in [-0.4, -0.2) is 31.6 Å². The topological polar surface area (TPSA) is 61.8 Å². The van der Waals surface area contributed by atoms with Gasteiger partial charge in [0.15, 0.2) is 5.76 Å². The Morgan fingerprint density at radius 2 is 1.95 bits per heavy atom. The van der Waals surface area contributed by atoms with Crippen molar-refractivity contribution in [3.05, 3.63) is 23.2 Å². The molecule has 5 nitrogen and oxygen atoms in total. The summed E-state index contributed by atoms with van der Waals surface area (Å²) < 4.78 is 15.9. The number of allylic oxidation sites excluding steroid dienone is 1. The van der Waals surface area contributed by atoms with E-state index in [1.807, 2.05) is 6.92 Å². The van der Waals surface area contributed by atoms with E-state index in [2.05, 4.69) is 0 Å². The summed E-state index contributed by atoms with van der Waals surface area (Å²) >= 11 is 0. The molecular weight excluding hydrogens is 260 g/mol. The first kappa shape index (κ1) is 16.3. The van der Waals surface area contributed by atoms with Gasteiger partial charge < -0.3 is 14.2 Å². The molecule has 0 aromatic carbocycles. The fourth-order valence-corrected chi connectivity index (χ4v) is 2.07. The van der Waals surface area contributed by atoms with Gasteiger partial charge in [-0.3, -0.25) is 9.59 Å². The van der Waals surface area contributed by atoms with E-state index < -0.39 is 11.6 Å². The molecule has 0 amide bonds. The standard InChI is InChI=1S/C15H22O5/c1-7-9(2)14(17)20-15(4)12(16)8-11(18-5)10(3)13(15)19-6/h8-9H,7H2,1-6H3/t9-,15+/m0/s1. The lowest BCUT2D eigenvalue weighted by molar-refractivity contribution is -0.167. The lowest BCUT2D eigenvalue weighted by Crippen LogP contribution is -2.45. The molecule has 112 valence electrons. The average Bonchev–Trinajstić information content (AvgIpc) is 2.42. The molecule has 0 spiro atoms. The zero-order valence-electron chi connectivity index (χ0n) is 12.9. The molecule has 0 radical (unpaired) electrons. The number of ether oxygens (including phenoxy) is 3. The van der Waals surface area contributed by atoms with E-state index in [1.54, 1.807) is 20.8 Å². The van der Waals surface area contributed by atoms with E-state index in [0.717, 1.165) is 0 Å². The van der Waals surface area contributed by atoms with E-state index >= 15 is 0 Å². The monoisotopic (exact) mass is 282 g/mol. The smallest absolute Gasteiger partial charge is 0.310 e. The molecule has 0 bridgehead atoms. The number of hydrogen-bond acceptors (Lipinski definition) is 5. The summed E-state index contributed by atoms with van der Waals surface area (Å²) in [5.41, 5.74) is -0.782. The number of ketones is 1. The van der Waals surface area contributed by atoms with Gasteiger partial charge in [-0.25, -0.2) is 0 Å². The van der Waals surface area contributed by atoms with Gasteiger partial charge >= 0.3 is 5.97 Å². The van der Waals surface area contributed by atoms with Gasteiger partial charge in [0.05, 0.1) is 20.1 Å². The maximum absolute atomic E-state index is 12.3. The van der Waals surface area contributed by atoms with E-state index in [-0.39, 0.29) is 11.7 Å². The van der Waals surface area contributed by atoms with Crippen LogP contribution < -0.4 is 0 Å². The molecule has 1 aliphatic carbocycles. The van der Waals surface area contributed by atoms with Crippen molar-refractivity contribution in [2.45, 2.75) is 39.7 Å². The van der Waals surface area contributed by atoms with Crippen molar-refractivity contribution in [3.63, 3.8) is 0 Å². The number of carbonyl (C=O) groups is 2. The molecule has 1 aliphatic rings. The van der Waals surface area contributed by atoms with Crippen LogP contribution in [0.25, 0.3) is 0 Å². The van der Waals surface area contributed by atoms with Crippen LogP contribution in [0, 0.1) is 5.92 Å². The summed E-state index contributed by atoms with van der Waals surface area (Å²) in [6, 6.07) is 0. The minimum absolute atomic E-state index is 0.272. The first-order chi connectivity index (χ1) is 9.31. The second-order valence-corrected chi connectivity index (χ2v) is 5.00. The van der Waals surface area contributed by atoms with E-state index in [1.165, 1.54) is 20.3 Å². The number of rotatable bonds is 5. The third kappa shape index (κ3) is 2.71. The third-order valence-electron chi connectivity index (χ3n) is 3.62. The summed E-state index contributed by atoms with van der Waals surface area (Å²) in [6.07, 6.45) is 1.98. The highest BCUT2D eigenvalue weighted by molar-refractivity contribution is 6.02. The van der Waals surface area contributed by atoms with Crippen molar-refractivity contribution in [1.82, 2.24) is 0 Å². The molecule has 0 unspecified atom stereocenters. The van der Waals surface area contributed by atoms with Crippen LogP contribution in [0.4, 0.5) is 0 Å². The quantitative estimate of drug-likeness (QED) is 0.724. The van der Waals surface area contributed by atoms with Gasteiger partial charge in [-0.15, -0.1) is 0 Å². The van der Waals surface area contributed by atoms with Crippen LogP contribution in [0.3, 0.4) is 0 Å². The Hall–Kier alpha value is -1.78. The Morgan fingerprint density at radius 1 is 1.35 bits per heavy atom. The highest BCUT2D eigenvalue weighted by atomic mass is 16.6. The van der Waals surface area contributed by atoms with Crippen molar-refractivity contribution >= 4 is 11.8 Å². The molecular formula is C15H22O5. The predicted octanol–water partition coefficient (Wildman–Crippen LogP) is 2.37. The largest absolute Gasteiger partial charge is 0.496 e.